The summed E-state index contributed by atoms with van der Waals surface area (Å²) >= 11 is 0. The molecule has 0 bridgehead atoms. The van der Waals surface area contributed by atoms with Crippen molar-refractivity contribution in [2.45, 2.75) is 19.3 Å². The van der Waals surface area contributed by atoms with Gasteiger partial charge in [0, 0.05) is 19.3 Å². The Morgan fingerprint density at radius 2 is 1.43 bits per heavy atom. The zero-order valence-electron chi connectivity index (χ0n) is 7.89. The smallest absolute Gasteiger partial charge is 0.313 e. The van der Waals surface area contributed by atoms with Crippen LogP contribution < -0.4 is 0 Å². The van der Waals surface area contributed by atoms with Gasteiger partial charge in [-0.3, -0.25) is 4.79 Å². The van der Waals surface area contributed by atoms with E-state index < -0.39 is 11.4 Å². The van der Waals surface area contributed by atoms with Crippen LogP contribution in [0.2, 0.25) is 0 Å². The molecule has 0 aliphatic rings. The number of aldehydes is 3. The molecule has 0 aromatic rings. The molecule has 0 rings (SSSR count). The third-order valence-corrected chi connectivity index (χ3v) is 2.04. The molecule has 0 spiro atoms. The molecule has 0 saturated carbocycles. The molecule has 14 heavy (non-hydrogen) atoms. The van der Waals surface area contributed by atoms with E-state index in [1.54, 1.807) is 0 Å². The van der Waals surface area contributed by atoms with Crippen molar-refractivity contribution < 1.29 is 23.9 Å². The van der Waals surface area contributed by atoms with Crippen LogP contribution in [0.3, 0.4) is 0 Å². The molecule has 0 amide bonds. The molecule has 0 heterocycles. The topological polar surface area (TPSA) is 77.5 Å². The first-order valence-electron chi connectivity index (χ1n) is 4.06. The van der Waals surface area contributed by atoms with Crippen LogP contribution in [0, 0.1) is 5.41 Å². The largest absolute Gasteiger partial charge is 0.469 e. The average molecular weight is 200 g/mol. The lowest BCUT2D eigenvalue weighted by Gasteiger charge is -2.24. The van der Waals surface area contributed by atoms with Crippen molar-refractivity contribution in [2.75, 3.05) is 7.11 Å². The van der Waals surface area contributed by atoms with Gasteiger partial charge in [0.15, 0.2) is 0 Å². The van der Waals surface area contributed by atoms with Crippen LogP contribution in [-0.4, -0.2) is 31.9 Å². The van der Waals surface area contributed by atoms with E-state index in [2.05, 4.69) is 4.74 Å². The van der Waals surface area contributed by atoms with E-state index in [9.17, 15) is 19.2 Å². The standard InChI is InChI=1S/C9H12O5/c1-14-8(13)9(2-5-10,3-6-11)4-7-12/h5-7H,2-4H2,1H3. The minimum atomic E-state index is -1.31. The average Bonchev–Trinajstić information content (AvgIpc) is 2.17. The zero-order valence-corrected chi connectivity index (χ0v) is 7.89. The molecule has 78 valence electrons. The van der Waals surface area contributed by atoms with Crippen molar-refractivity contribution in [3.05, 3.63) is 0 Å². The first-order valence-corrected chi connectivity index (χ1v) is 4.06. The summed E-state index contributed by atoms with van der Waals surface area (Å²) in [6.07, 6.45) is 0.962. The summed E-state index contributed by atoms with van der Waals surface area (Å²) < 4.78 is 4.46. The summed E-state index contributed by atoms with van der Waals surface area (Å²) in [4.78, 5) is 42.4. The first kappa shape index (κ1) is 12.5. The SMILES string of the molecule is COC(=O)C(CC=O)(CC=O)CC=O. The van der Waals surface area contributed by atoms with Crippen LogP contribution in [0.15, 0.2) is 0 Å². The van der Waals surface area contributed by atoms with E-state index in [1.165, 1.54) is 0 Å². The molecule has 5 nitrogen and oxygen atoms in total. The van der Waals surface area contributed by atoms with Gasteiger partial charge in [-0.2, -0.15) is 0 Å². The molecular formula is C9H12O5. The number of carbonyl (C=O) groups excluding carboxylic acids is 4. The summed E-state index contributed by atoms with van der Waals surface area (Å²) in [6.45, 7) is 0. The maximum atomic E-state index is 11.3. The fourth-order valence-corrected chi connectivity index (χ4v) is 1.20. The van der Waals surface area contributed by atoms with E-state index in [-0.39, 0.29) is 19.3 Å². The Bertz CT molecular complexity index is 207. The minimum absolute atomic E-state index is 0.183. The second-order valence-electron chi connectivity index (χ2n) is 2.88. The molecular weight excluding hydrogens is 188 g/mol. The summed E-state index contributed by atoms with van der Waals surface area (Å²) in [5.74, 6) is -0.705. The third-order valence-electron chi connectivity index (χ3n) is 2.04. The Morgan fingerprint density at radius 1 is 1.07 bits per heavy atom. The maximum Gasteiger partial charge on any atom is 0.313 e. The number of esters is 1. The summed E-state index contributed by atoms with van der Waals surface area (Å²) in [5.41, 5.74) is -1.31. The molecule has 0 radical (unpaired) electrons. The minimum Gasteiger partial charge on any atom is -0.469 e. The van der Waals surface area contributed by atoms with E-state index in [1.807, 2.05) is 0 Å². The highest BCUT2D eigenvalue weighted by Gasteiger charge is 2.38. The predicted molar refractivity (Wildman–Crippen MR) is 46.5 cm³/mol. The van der Waals surface area contributed by atoms with Crippen molar-refractivity contribution in [2.24, 2.45) is 5.41 Å². The molecule has 0 aromatic carbocycles. The van der Waals surface area contributed by atoms with Crippen LogP contribution in [0.4, 0.5) is 0 Å². The van der Waals surface area contributed by atoms with Crippen molar-refractivity contribution >= 4 is 24.8 Å². The Hall–Kier alpha value is -1.52. The van der Waals surface area contributed by atoms with Gasteiger partial charge in [0.2, 0.25) is 0 Å². The predicted octanol–water partition coefficient (Wildman–Crippen LogP) is -0.0872. The van der Waals surface area contributed by atoms with E-state index >= 15 is 0 Å². The monoisotopic (exact) mass is 200 g/mol. The van der Waals surface area contributed by atoms with Crippen LogP contribution in [-0.2, 0) is 23.9 Å². The lowest BCUT2D eigenvalue weighted by Crippen LogP contribution is -2.34. The highest BCUT2D eigenvalue weighted by molar-refractivity contribution is 5.85. The quantitative estimate of drug-likeness (QED) is 0.424. The molecule has 5 heteroatoms. The third kappa shape index (κ3) is 2.76. The molecule has 0 atom stereocenters. The van der Waals surface area contributed by atoms with Gasteiger partial charge >= 0.3 is 5.97 Å². The molecule has 0 aliphatic carbocycles. The van der Waals surface area contributed by atoms with Gasteiger partial charge in [-0.25, -0.2) is 0 Å². The number of rotatable bonds is 7. The zero-order chi connectivity index (χ0) is 11.0. The summed E-state index contributed by atoms with van der Waals surface area (Å²) in [5, 5.41) is 0. The van der Waals surface area contributed by atoms with E-state index in [4.69, 9.17) is 0 Å². The van der Waals surface area contributed by atoms with Crippen LogP contribution in [0.1, 0.15) is 19.3 Å². The molecule has 0 aromatic heterocycles. The van der Waals surface area contributed by atoms with Gasteiger partial charge in [-0.15, -0.1) is 0 Å². The molecule has 0 unspecified atom stereocenters. The van der Waals surface area contributed by atoms with Gasteiger partial charge in [-0.05, 0) is 0 Å². The van der Waals surface area contributed by atoms with Crippen LogP contribution >= 0.6 is 0 Å². The summed E-state index contributed by atoms with van der Waals surface area (Å²) in [6, 6.07) is 0. The van der Waals surface area contributed by atoms with Gasteiger partial charge < -0.3 is 19.1 Å². The Morgan fingerprint density at radius 3 is 1.64 bits per heavy atom. The van der Waals surface area contributed by atoms with Gasteiger partial charge in [0.25, 0.3) is 0 Å². The second-order valence-corrected chi connectivity index (χ2v) is 2.88. The number of hydrogen-bond donors (Lipinski definition) is 0. The molecule has 0 N–H and O–H groups in total. The maximum absolute atomic E-state index is 11.3. The number of carbonyl (C=O) groups is 4. The Balaban J connectivity index is 4.88. The number of ether oxygens (including phenoxy) is 1. The lowest BCUT2D eigenvalue weighted by atomic mass is 9.79. The number of hydrogen-bond acceptors (Lipinski definition) is 5. The van der Waals surface area contributed by atoms with Crippen LogP contribution in [0.5, 0.6) is 0 Å². The van der Waals surface area contributed by atoms with Crippen molar-refractivity contribution in [1.82, 2.24) is 0 Å². The second kappa shape index (κ2) is 6.01. The number of methoxy groups -OCH3 is 1. The molecule has 0 fully saturated rings. The fraction of sp³-hybridized carbons (Fsp3) is 0.556. The van der Waals surface area contributed by atoms with Crippen molar-refractivity contribution in [3.63, 3.8) is 0 Å². The molecule has 0 saturated heterocycles. The highest BCUT2D eigenvalue weighted by atomic mass is 16.5. The van der Waals surface area contributed by atoms with Crippen molar-refractivity contribution in [1.29, 1.82) is 0 Å². The van der Waals surface area contributed by atoms with Crippen LogP contribution in [0.25, 0.3) is 0 Å². The van der Waals surface area contributed by atoms with Crippen molar-refractivity contribution in [3.8, 4) is 0 Å². The Kier molecular flexibility index (Phi) is 5.36. The first-order chi connectivity index (χ1) is 6.66. The Labute approximate surface area is 81.4 Å². The fourth-order valence-electron chi connectivity index (χ4n) is 1.20. The lowest BCUT2D eigenvalue weighted by molar-refractivity contribution is -0.156. The van der Waals surface area contributed by atoms with Gasteiger partial charge in [-0.1, -0.05) is 0 Å². The van der Waals surface area contributed by atoms with Gasteiger partial charge in [0.1, 0.15) is 18.9 Å². The summed E-state index contributed by atoms with van der Waals surface area (Å²) in [7, 11) is 1.15. The van der Waals surface area contributed by atoms with Gasteiger partial charge in [0.05, 0.1) is 12.5 Å². The molecule has 0 aliphatic heterocycles. The van der Waals surface area contributed by atoms with E-state index in [0.717, 1.165) is 7.11 Å². The van der Waals surface area contributed by atoms with E-state index in [0.29, 0.717) is 18.9 Å². The normalized spacial score (nSPS) is 10.4. The highest BCUT2D eigenvalue weighted by Crippen LogP contribution is 2.29.